The van der Waals surface area contributed by atoms with Crippen LogP contribution >= 0.6 is 0 Å². The van der Waals surface area contributed by atoms with Gasteiger partial charge in [-0.15, -0.1) is 0 Å². The molecule has 0 saturated carbocycles. The van der Waals surface area contributed by atoms with Gasteiger partial charge in [-0.2, -0.15) is 4.39 Å². The van der Waals surface area contributed by atoms with Gasteiger partial charge >= 0.3 is 11.8 Å². The molecule has 1 aliphatic heterocycles. The number of halogens is 1. The van der Waals surface area contributed by atoms with Crippen LogP contribution in [0.4, 0.5) is 14.9 Å². The van der Waals surface area contributed by atoms with Gasteiger partial charge in [-0.05, 0) is 53.3 Å². The van der Waals surface area contributed by atoms with Gasteiger partial charge in [0, 0.05) is 37.2 Å². The van der Waals surface area contributed by atoms with Gasteiger partial charge in [-0.25, -0.2) is 4.79 Å². The molecule has 1 aliphatic rings. The van der Waals surface area contributed by atoms with Crippen LogP contribution in [0, 0.1) is 15.9 Å². The number of piperazine rings is 1. The lowest BCUT2D eigenvalue weighted by molar-refractivity contribution is -0.387. The van der Waals surface area contributed by atoms with Gasteiger partial charge in [0.2, 0.25) is 11.7 Å². The Balaban J connectivity index is 2.37. The zero-order valence-electron chi connectivity index (χ0n) is 19.7. The third-order valence-electron chi connectivity index (χ3n) is 5.71. The van der Waals surface area contributed by atoms with Crippen molar-refractivity contribution in [3.05, 3.63) is 39.7 Å². The molecule has 2 rings (SSSR count). The van der Waals surface area contributed by atoms with Crippen molar-refractivity contribution in [2.24, 2.45) is 0 Å². The predicted octanol–water partition coefficient (Wildman–Crippen LogP) is 3.28. The van der Waals surface area contributed by atoms with Gasteiger partial charge < -0.3 is 15.0 Å². The zero-order chi connectivity index (χ0) is 24.4. The van der Waals surface area contributed by atoms with E-state index in [0.29, 0.717) is 18.7 Å². The van der Waals surface area contributed by atoms with E-state index in [0.717, 1.165) is 12.1 Å². The number of likely N-dealkylation sites (N-methyl/N-ethyl adjacent to an activating group) is 1. The molecule has 1 aromatic carbocycles. The van der Waals surface area contributed by atoms with Gasteiger partial charge in [0.25, 0.3) is 0 Å². The third-order valence-corrected chi connectivity index (χ3v) is 5.71. The first-order valence-corrected chi connectivity index (χ1v) is 10.6. The Morgan fingerprint density at radius 3 is 2.41 bits per heavy atom. The molecule has 0 spiro atoms. The summed E-state index contributed by atoms with van der Waals surface area (Å²) in [5.74, 6) is -1.97. The van der Waals surface area contributed by atoms with E-state index in [1.165, 1.54) is 6.07 Å². The second-order valence-electron chi connectivity index (χ2n) is 9.51. The number of amides is 2. The molecular weight excluding hydrogens is 419 g/mol. The summed E-state index contributed by atoms with van der Waals surface area (Å²) in [5, 5.41) is 13.6. The highest BCUT2D eigenvalue weighted by Crippen LogP contribution is 2.27. The maximum absolute atomic E-state index is 14.3. The Kier molecular flexibility index (Phi) is 7.82. The Morgan fingerprint density at radius 1 is 1.25 bits per heavy atom. The fourth-order valence-corrected chi connectivity index (χ4v) is 3.77. The fourth-order valence-electron chi connectivity index (χ4n) is 3.77. The number of nitro groups is 1. The van der Waals surface area contributed by atoms with Crippen LogP contribution in [0.3, 0.4) is 0 Å². The molecule has 0 unspecified atom stereocenters. The summed E-state index contributed by atoms with van der Waals surface area (Å²) in [7, 11) is 1.99. The Bertz CT molecular complexity index is 872. The smallest absolute Gasteiger partial charge is 0.408 e. The number of carbonyl (C=O) groups is 2. The number of hydrogen-bond acceptors (Lipinski definition) is 6. The van der Waals surface area contributed by atoms with E-state index >= 15 is 0 Å². The third kappa shape index (κ3) is 6.15. The van der Waals surface area contributed by atoms with Crippen LogP contribution in [-0.2, 0) is 9.53 Å². The highest BCUT2D eigenvalue weighted by molar-refractivity contribution is 5.87. The molecule has 0 aliphatic carbocycles. The average Bonchev–Trinajstić information content (AvgIpc) is 2.66. The van der Waals surface area contributed by atoms with Crippen LogP contribution in [0.5, 0.6) is 0 Å². The molecule has 4 atom stereocenters. The van der Waals surface area contributed by atoms with Gasteiger partial charge in [-0.1, -0.05) is 13.0 Å². The molecular formula is C22H33FN4O5. The molecule has 1 fully saturated rings. The summed E-state index contributed by atoms with van der Waals surface area (Å²) >= 11 is 0. The van der Waals surface area contributed by atoms with Crippen LogP contribution in [0.15, 0.2) is 18.2 Å². The topological polar surface area (TPSA) is 105 Å². The van der Waals surface area contributed by atoms with E-state index in [1.807, 2.05) is 20.9 Å². The second kappa shape index (κ2) is 9.81. The minimum Gasteiger partial charge on any atom is -0.444 e. The molecule has 1 saturated heterocycles. The molecule has 1 heterocycles. The maximum atomic E-state index is 14.3. The Morgan fingerprint density at radius 2 is 1.88 bits per heavy atom. The zero-order valence-corrected chi connectivity index (χ0v) is 19.7. The molecule has 32 heavy (non-hydrogen) atoms. The van der Waals surface area contributed by atoms with Crippen molar-refractivity contribution in [2.45, 2.75) is 71.2 Å². The molecule has 0 bridgehead atoms. The van der Waals surface area contributed by atoms with Crippen LogP contribution in [0.2, 0.25) is 0 Å². The molecule has 2 amide bonds. The largest absolute Gasteiger partial charge is 0.444 e. The van der Waals surface area contributed by atoms with Crippen molar-refractivity contribution in [1.29, 1.82) is 0 Å². The number of nitrogens with zero attached hydrogens (tertiary/aromatic N) is 3. The number of nitro benzene ring substituents is 1. The monoisotopic (exact) mass is 452 g/mol. The molecule has 9 nitrogen and oxygen atoms in total. The van der Waals surface area contributed by atoms with Crippen molar-refractivity contribution in [3.8, 4) is 0 Å². The van der Waals surface area contributed by atoms with Crippen molar-refractivity contribution in [1.82, 2.24) is 15.1 Å². The van der Waals surface area contributed by atoms with Gasteiger partial charge in [0.1, 0.15) is 11.6 Å². The Hall–Kier alpha value is -2.75. The average molecular weight is 453 g/mol. The normalized spacial score (nSPS) is 21.6. The summed E-state index contributed by atoms with van der Waals surface area (Å²) in [5.41, 5.74) is -1.06. The number of nitrogens with one attached hydrogen (secondary N) is 1. The highest BCUT2D eigenvalue weighted by Gasteiger charge is 2.38. The molecule has 0 radical (unpaired) electrons. The quantitative estimate of drug-likeness (QED) is 0.543. The van der Waals surface area contributed by atoms with Crippen molar-refractivity contribution in [2.75, 3.05) is 20.1 Å². The van der Waals surface area contributed by atoms with E-state index in [-0.39, 0.29) is 18.0 Å². The summed E-state index contributed by atoms with van der Waals surface area (Å²) in [6.45, 7) is 11.9. The lowest BCUT2D eigenvalue weighted by Gasteiger charge is -2.44. The lowest BCUT2D eigenvalue weighted by atomic mass is 9.91. The van der Waals surface area contributed by atoms with Crippen molar-refractivity contribution in [3.63, 3.8) is 0 Å². The summed E-state index contributed by atoms with van der Waals surface area (Å²) < 4.78 is 19.6. The predicted molar refractivity (Wildman–Crippen MR) is 118 cm³/mol. The lowest BCUT2D eigenvalue weighted by Crippen LogP contribution is -2.61. The first kappa shape index (κ1) is 25.5. The number of benzene rings is 1. The molecule has 10 heteroatoms. The molecule has 178 valence electrons. The minimum absolute atomic E-state index is 0.0903. The van der Waals surface area contributed by atoms with Gasteiger partial charge in [0.15, 0.2) is 0 Å². The Labute approximate surface area is 188 Å². The second-order valence-corrected chi connectivity index (χ2v) is 9.51. The van der Waals surface area contributed by atoms with E-state index in [2.05, 4.69) is 10.2 Å². The molecule has 1 N–H and O–H groups in total. The standard InChI is InChI=1S/C22H33FN4O5/c1-13-12-26(14(2)11-25(13)7)20(28)19(24-21(29)32-22(4,5)6)15(3)16-8-9-18(27(30)31)17(23)10-16/h8-10,13-15,19H,11-12H2,1-7H3,(H,24,29)/t13-,14-,15+,19-/m1/s1. The summed E-state index contributed by atoms with van der Waals surface area (Å²) in [4.78, 5) is 40.1. The van der Waals surface area contributed by atoms with E-state index < -0.39 is 40.1 Å². The minimum atomic E-state index is -1.04. The molecule has 0 aromatic heterocycles. The number of ether oxygens (including phenoxy) is 1. The number of rotatable bonds is 5. The SMILES string of the molecule is C[C@@H]1CN(C(=O)[C@H](NC(=O)OC(C)(C)C)[C@@H](C)c2ccc([N+](=O)[O-])c(F)c2)[C@H](C)CN1C. The first-order chi connectivity index (χ1) is 14.7. The number of hydrogen-bond donors (Lipinski definition) is 1. The summed E-state index contributed by atoms with van der Waals surface area (Å²) in [6, 6.07) is 2.51. The van der Waals surface area contributed by atoms with Crippen LogP contribution in [0.25, 0.3) is 0 Å². The first-order valence-electron chi connectivity index (χ1n) is 10.6. The van der Waals surface area contributed by atoms with E-state index in [1.54, 1.807) is 32.6 Å². The van der Waals surface area contributed by atoms with Gasteiger partial charge in [-0.3, -0.25) is 19.8 Å². The maximum Gasteiger partial charge on any atom is 0.408 e. The number of carbonyl (C=O) groups excluding carboxylic acids is 2. The van der Waals surface area contributed by atoms with E-state index in [9.17, 15) is 24.1 Å². The van der Waals surface area contributed by atoms with Crippen LogP contribution in [-0.4, -0.2) is 70.6 Å². The number of alkyl carbamates (subject to hydrolysis) is 1. The van der Waals surface area contributed by atoms with Crippen LogP contribution < -0.4 is 5.32 Å². The molecule has 1 aromatic rings. The highest BCUT2D eigenvalue weighted by atomic mass is 19.1. The van der Waals surface area contributed by atoms with Crippen molar-refractivity contribution < 1.29 is 23.6 Å². The summed E-state index contributed by atoms with van der Waals surface area (Å²) in [6.07, 6.45) is -0.764. The van der Waals surface area contributed by atoms with Crippen molar-refractivity contribution >= 4 is 17.7 Å². The van der Waals surface area contributed by atoms with E-state index in [4.69, 9.17) is 4.74 Å². The van der Waals surface area contributed by atoms with Gasteiger partial charge in [0.05, 0.1) is 4.92 Å². The van der Waals surface area contributed by atoms with Crippen LogP contribution in [0.1, 0.15) is 53.0 Å². The fraction of sp³-hybridized carbons (Fsp3) is 0.636.